The highest BCUT2D eigenvalue weighted by molar-refractivity contribution is 9.10. The second kappa shape index (κ2) is 10.9. The van der Waals surface area contributed by atoms with Crippen molar-refractivity contribution in [3.63, 3.8) is 0 Å². The number of hydrogen-bond donors (Lipinski definition) is 1. The van der Waals surface area contributed by atoms with Crippen molar-refractivity contribution in [2.75, 3.05) is 0 Å². The number of nitrogens with zero attached hydrogens (tertiary/aromatic N) is 2. The average Bonchev–Trinajstić information content (AvgIpc) is 3.64. The normalized spacial score (nSPS) is 11.3. The van der Waals surface area contributed by atoms with Gasteiger partial charge in [-0.1, -0.05) is 15.9 Å². The number of aryl methyl sites for hydroxylation is 2. The lowest BCUT2D eigenvalue weighted by atomic mass is 10.1. The number of aromatic nitrogens is 1. The molecule has 9 heteroatoms. The second-order valence-corrected chi connectivity index (χ2v) is 9.44. The first-order valence-corrected chi connectivity index (χ1v) is 12.5. The molecule has 38 heavy (non-hydrogen) atoms. The Bertz CT molecular complexity index is 1600. The SMILES string of the molecule is Cc1ccc(C)n1-c1ccc(OCc2ccc(C(=O)N/N=C/c3ccc(-c4ccc(Br)cc4F)o3)o2)cc1. The van der Waals surface area contributed by atoms with Crippen LogP contribution in [0.15, 0.2) is 97.3 Å². The van der Waals surface area contributed by atoms with Gasteiger partial charge in [-0.05, 0) is 92.7 Å². The lowest BCUT2D eigenvalue weighted by molar-refractivity contribution is 0.0923. The molecule has 0 unspecified atom stereocenters. The quantitative estimate of drug-likeness (QED) is 0.157. The monoisotopic (exact) mass is 575 g/mol. The largest absolute Gasteiger partial charge is 0.486 e. The van der Waals surface area contributed by atoms with Gasteiger partial charge in [0.15, 0.2) is 5.76 Å². The Morgan fingerprint density at radius 1 is 1.00 bits per heavy atom. The number of carbonyl (C=O) groups is 1. The molecular formula is C29H23BrFN3O4. The Labute approximate surface area is 226 Å². The molecule has 1 amide bonds. The van der Waals surface area contributed by atoms with Crippen LogP contribution in [0.3, 0.4) is 0 Å². The van der Waals surface area contributed by atoms with Crippen LogP contribution in [0.25, 0.3) is 17.0 Å². The van der Waals surface area contributed by atoms with E-state index in [2.05, 4.69) is 57.0 Å². The zero-order valence-corrected chi connectivity index (χ0v) is 22.2. The van der Waals surface area contributed by atoms with Gasteiger partial charge in [-0.15, -0.1) is 0 Å². The van der Waals surface area contributed by atoms with Gasteiger partial charge < -0.3 is 18.1 Å². The number of carbonyl (C=O) groups excluding carboxylic acids is 1. The summed E-state index contributed by atoms with van der Waals surface area (Å²) in [6.45, 7) is 4.29. The number of furan rings is 2. The molecule has 3 heterocycles. The van der Waals surface area contributed by atoms with Crippen LogP contribution in [-0.2, 0) is 6.61 Å². The molecule has 1 N–H and O–H groups in total. The fourth-order valence-electron chi connectivity index (χ4n) is 3.97. The zero-order valence-electron chi connectivity index (χ0n) is 20.6. The molecule has 0 fully saturated rings. The van der Waals surface area contributed by atoms with Crippen molar-refractivity contribution in [2.45, 2.75) is 20.5 Å². The number of amides is 1. The van der Waals surface area contributed by atoms with Gasteiger partial charge in [0.2, 0.25) is 0 Å². The first-order chi connectivity index (χ1) is 18.4. The topological polar surface area (TPSA) is 81.9 Å². The van der Waals surface area contributed by atoms with Crippen LogP contribution in [0.5, 0.6) is 5.75 Å². The summed E-state index contributed by atoms with van der Waals surface area (Å²) in [6, 6.07) is 23.1. The van der Waals surface area contributed by atoms with Crippen molar-refractivity contribution in [1.29, 1.82) is 0 Å². The Morgan fingerprint density at radius 2 is 1.76 bits per heavy atom. The predicted octanol–water partition coefficient (Wildman–Crippen LogP) is 7.19. The molecule has 0 atom stereocenters. The minimum Gasteiger partial charge on any atom is -0.486 e. The van der Waals surface area contributed by atoms with Crippen molar-refractivity contribution < 1.29 is 22.8 Å². The third-order valence-electron chi connectivity index (χ3n) is 5.81. The summed E-state index contributed by atoms with van der Waals surface area (Å²) >= 11 is 3.23. The molecule has 2 aromatic carbocycles. The summed E-state index contributed by atoms with van der Waals surface area (Å²) in [5.41, 5.74) is 6.08. The molecular weight excluding hydrogens is 553 g/mol. The fraction of sp³-hybridized carbons (Fsp3) is 0.103. The minimum absolute atomic E-state index is 0.0896. The van der Waals surface area contributed by atoms with E-state index in [-0.39, 0.29) is 12.4 Å². The molecule has 0 aliphatic rings. The number of benzene rings is 2. The van der Waals surface area contributed by atoms with E-state index < -0.39 is 11.7 Å². The van der Waals surface area contributed by atoms with E-state index in [1.54, 1.807) is 36.4 Å². The minimum atomic E-state index is -0.528. The molecule has 0 radical (unpaired) electrons. The molecule has 5 rings (SSSR count). The summed E-state index contributed by atoms with van der Waals surface area (Å²) in [7, 11) is 0. The van der Waals surface area contributed by atoms with Crippen LogP contribution >= 0.6 is 15.9 Å². The van der Waals surface area contributed by atoms with E-state index in [0.29, 0.717) is 33.1 Å². The van der Waals surface area contributed by atoms with Gasteiger partial charge in [0, 0.05) is 21.5 Å². The summed E-state index contributed by atoms with van der Waals surface area (Å²) in [4.78, 5) is 12.4. The Kier molecular flexibility index (Phi) is 7.28. The lowest BCUT2D eigenvalue weighted by Crippen LogP contribution is -2.16. The van der Waals surface area contributed by atoms with Gasteiger partial charge in [0.05, 0.1) is 11.8 Å². The number of hydrazone groups is 1. The first kappa shape index (κ1) is 25.3. The van der Waals surface area contributed by atoms with Gasteiger partial charge in [-0.3, -0.25) is 4.79 Å². The third-order valence-corrected chi connectivity index (χ3v) is 6.31. The van der Waals surface area contributed by atoms with Crippen LogP contribution < -0.4 is 10.2 Å². The Balaban J connectivity index is 1.14. The van der Waals surface area contributed by atoms with Crippen molar-refractivity contribution >= 4 is 28.1 Å². The third kappa shape index (κ3) is 5.63. The van der Waals surface area contributed by atoms with Gasteiger partial charge in [-0.25, -0.2) is 9.82 Å². The van der Waals surface area contributed by atoms with Gasteiger partial charge >= 0.3 is 5.91 Å². The Morgan fingerprint density at radius 3 is 2.50 bits per heavy atom. The van der Waals surface area contributed by atoms with E-state index in [9.17, 15) is 9.18 Å². The summed E-state index contributed by atoms with van der Waals surface area (Å²) in [5, 5.41) is 3.89. The number of hydrogen-bond acceptors (Lipinski definition) is 5. The number of nitrogens with one attached hydrogen (secondary N) is 1. The van der Waals surface area contributed by atoms with E-state index in [4.69, 9.17) is 13.6 Å². The highest BCUT2D eigenvalue weighted by Gasteiger charge is 2.12. The molecule has 0 spiro atoms. The maximum Gasteiger partial charge on any atom is 0.307 e. The zero-order chi connectivity index (χ0) is 26.6. The molecule has 0 aliphatic carbocycles. The maximum absolute atomic E-state index is 14.1. The van der Waals surface area contributed by atoms with E-state index in [1.165, 1.54) is 12.3 Å². The lowest BCUT2D eigenvalue weighted by Gasteiger charge is -2.10. The van der Waals surface area contributed by atoms with Gasteiger partial charge in [-0.2, -0.15) is 5.10 Å². The molecule has 192 valence electrons. The smallest absolute Gasteiger partial charge is 0.307 e. The number of rotatable bonds is 8. The van der Waals surface area contributed by atoms with Crippen LogP contribution in [0.2, 0.25) is 0 Å². The summed E-state index contributed by atoms with van der Waals surface area (Å²) in [6.07, 6.45) is 1.32. The van der Waals surface area contributed by atoms with Crippen molar-refractivity contribution in [2.24, 2.45) is 5.10 Å². The van der Waals surface area contributed by atoms with Crippen LogP contribution in [0, 0.1) is 19.7 Å². The summed E-state index contributed by atoms with van der Waals surface area (Å²) in [5.74, 6) is 1.03. The van der Waals surface area contributed by atoms with Crippen molar-refractivity contribution in [1.82, 2.24) is 9.99 Å². The van der Waals surface area contributed by atoms with Crippen LogP contribution in [0.4, 0.5) is 4.39 Å². The average molecular weight is 576 g/mol. The fourth-order valence-corrected chi connectivity index (χ4v) is 4.30. The molecule has 7 nitrogen and oxygen atoms in total. The number of ether oxygens (including phenoxy) is 1. The van der Waals surface area contributed by atoms with Crippen molar-refractivity contribution in [3.05, 3.63) is 118 Å². The standard InChI is InChI=1S/C29H23BrFN3O4/c1-18-3-4-19(2)34(18)21-6-8-22(9-7-21)36-17-24-11-14-28(38-24)29(35)33-32-16-23-10-13-27(37-23)25-12-5-20(30)15-26(25)31/h3-16H,17H2,1-2H3,(H,33,35)/b32-16+. The van der Waals surface area contributed by atoms with Crippen molar-refractivity contribution in [3.8, 4) is 22.8 Å². The highest BCUT2D eigenvalue weighted by Crippen LogP contribution is 2.27. The molecule has 0 saturated heterocycles. The maximum atomic E-state index is 14.1. The van der Waals surface area contributed by atoms with Gasteiger partial charge in [0.25, 0.3) is 0 Å². The molecule has 0 aliphatic heterocycles. The Hall–Kier alpha value is -4.37. The van der Waals surface area contributed by atoms with E-state index in [0.717, 1.165) is 17.1 Å². The second-order valence-electron chi connectivity index (χ2n) is 8.53. The summed E-state index contributed by atoms with van der Waals surface area (Å²) < 4.78 is 33.9. The molecule has 0 bridgehead atoms. The van der Waals surface area contributed by atoms with Crippen LogP contribution in [-0.4, -0.2) is 16.7 Å². The molecule has 5 aromatic rings. The number of halogens is 2. The first-order valence-electron chi connectivity index (χ1n) is 11.7. The van der Waals surface area contributed by atoms with Gasteiger partial charge in [0.1, 0.15) is 35.5 Å². The van der Waals surface area contributed by atoms with E-state index in [1.807, 2.05) is 24.3 Å². The van der Waals surface area contributed by atoms with Crippen LogP contribution in [0.1, 0.15) is 33.5 Å². The molecule has 0 saturated carbocycles. The highest BCUT2D eigenvalue weighted by atomic mass is 79.9. The predicted molar refractivity (Wildman–Crippen MR) is 145 cm³/mol. The van der Waals surface area contributed by atoms with E-state index >= 15 is 0 Å². The molecule has 3 aromatic heterocycles.